The third-order valence-corrected chi connectivity index (χ3v) is 13.5. The number of rotatable bonds is 23. The van der Waals surface area contributed by atoms with E-state index < -0.39 is 0 Å². The Morgan fingerprint density at radius 3 is 0.840 bits per heavy atom. The van der Waals surface area contributed by atoms with Crippen LogP contribution >= 0.6 is 0 Å². The van der Waals surface area contributed by atoms with Crippen molar-refractivity contribution < 1.29 is 0 Å². The lowest BCUT2D eigenvalue weighted by Gasteiger charge is -2.25. The van der Waals surface area contributed by atoms with Crippen molar-refractivity contribution in [3.05, 3.63) is 244 Å². The van der Waals surface area contributed by atoms with E-state index in [2.05, 4.69) is 144 Å². The zero-order chi connectivity index (χ0) is 52.0. The SMILES string of the molecule is CCCCCCN(CCCCCC)c1ccc(/C=C/c2c(C#N)c(/C=C/c3ccc(N(c4ccccc4)c4ccccc4)cc3)c(C#N)c(/C=C/c3ccc(N(c4ccccc4)c4ccccc4)cc3)c2C#N)cc1. The number of benzene rings is 8. The van der Waals surface area contributed by atoms with E-state index in [1.165, 1.54) is 57.1 Å². The molecule has 0 bridgehead atoms. The van der Waals surface area contributed by atoms with Gasteiger partial charge in [-0.3, -0.25) is 0 Å². The summed E-state index contributed by atoms with van der Waals surface area (Å²) in [5, 5.41) is 33.1. The number of nitrogens with zero attached hydrogens (tertiary/aromatic N) is 6. The van der Waals surface area contributed by atoms with Crippen LogP contribution in [0.25, 0.3) is 36.5 Å². The maximum Gasteiger partial charge on any atom is 0.100 e. The van der Waals surface area contributed by atoms with Crippen LogP contribution < -0.4 is 14.7 Å². The van der Waals surface area contributed by atoms with Gasteiger partial charge in [0.05, 0.1) is 16.7 Å². The Hall–Kier alpha value is -9.15. The van der Waals surface area contributed by atoms with Crippen LogP contribution in [-0.4, -0.2) is 13.1 Å². The molecule has 0 radical (unpaired) electrons. The van der Waals surface area contributed by atoms with Crippen molar-refractivity contribution in [1.29, 1.82) is 15.8 Å². The molecule has 0 aliphatic rings. The molecule has 75 heavy (non-hydrogen) atoms. The summed E-state index contributed by atoms with van der Waals surface area (Å²) in [5.74, 6) is 0. The summed E-state index contributed by atoms with van der Waals surface area (Å²) in [6, 6.07) is 73.3. The molecule has 6 nitrogen and oxygen atoms in total. The summed E-state index contributed by atoms with van der Waals surface area (Å²) >= 11 is 0. The summed E-state index contributed by atoms with van der Waals surface area (Å²) in [6.45, 7) is 6.56. The molecular formula is C69H64N6. The zero-order valence-corrected chi connectivity index (χ0v) is 43.2. The zero-order valence-electron chi connectivity index (χ0n) is 43.2. The van der Waals surface area contributed by atoms with Crippen LogP contribution in [0.2, 0.25) is 0 Å². The molecule has 0 spiro atoms. The quantitative estimate of drug-likeness (QED) is 0.0469. The Morgan fingerprint density at radius 2 is 0.573 bits per heavy atom. The molecule has 0 atom stereocenters. The van der Waals surface area contributed by atoms with Crippen molar-refractivity contribution in [3.8, 4) is 18.2 Å². The fourth-order valence-electron chi connectivity index (χ4n) is 9.51. The Kier molecular flexibility index (Phi) is 18.8. The van der Waals surface area contributed by atoms with E-state index in [0.29, 0.717) is 16.7 Å². The maximum atomic E-state index is 11.0. The van der Waals surface area contributed by atoms with Crippen LogP contribution in [0.1, 0.15) is 115 Å². The van der Waals surface area contributed by atoms with E-state index in [1.807, 2.05) is 134 Å². The van der Waals surface area contributed by atoms with E-state index in [1.54, 1.807) is 0 Å². The minimum Gasteiger partial charge on any atom is -0.372 e. The van der Waals surface area contributed by atoms with Gasteiger partial charge in [0, 0.05) is 69.6 Å². The largest absolute Gasteiger partial charge is 0.372 e. The van der Waals surface area contributed by atoms with Crippen molar-refractivity contribution >= 4 is 76.3 Å². The van der Waals surface area contributed by atoms with Crippen molar-refractivity contribution in [3.63, 3.8) is 0 Å². The number of nitriles is 3. The second-order valence-corrected chi connectivity index (χ2v) is 18.6. The highest BCUT2D eigenvalue weighted by molar-refractivity contribution is 5.91. The second kappa shape index (κ2) is 27.1. The number of hydrogen-bond donors (Lipinski definition) is 0. The van der Waals surface area contributed by atoms with E-state index in [9.17, 15) is 15.8 Å². The second-order valence-electron chi connectivity index (χ2n) is 18.6. The molecular weight excluding hydrogens is 913 g/mol. The highest BCUT2D eigenvalue weighted by Gasteiger charge is 2.21. The van der Waals surface area contributed by atoms with Gasteiger partial charge in [0.1, 0.15) is 18.2 Å². The number of hydrogen-bond acceptors (Lipinski definition) is 6. The molecule has 0 fully saturated rings. The minimum atomic E-state index is 0.252. The fraction of sp³-hybridized carbons (Fsp3) is 0.174. The molecule has 8 aromatic carbocycles. The van der Waals surface area contributed by atoms with Crippen LogP contribution in [0.4, 0.5) is 39.8 Å². The predicted octanol–water partition coefficient (Wildman–Crippen LogP) is 18.7. The van der Waals surface area contributed by atoms with Crippen molar-refractivity contribution in [1.82, 2.24) is 0 Å². The first-order chi connectivity index (χ1) is 37.0. The van der Waals surface area contributed by atoms with Crippen molar-refractivity contribution in [2.45, 2.75) is 65.2 Å². The molecule has 8 rings (SSSR count). The molecule has 6 heteroatoms. The van der Waals surface area contributed by atoms with Gasteiger partial charge in [-0.15, -0.1) is 0 Å². The van der Waals surface area contributed by atoms with Gasteiger partial charge in [-0.2, -0.15) is 15.8 Å². The molecule has 0 aromatic heterocycles. The van der Waals surface area contributed by atoms with Crippen LogP contribution in [0.3, 0.4) is 0 Å². The molecule has 0 amide bonds. The topological polar surface area (TPSA) is 81.1 Å². The van der Waals surface area contributed by atoms with Gasteiger partial charge < -0.3 is 14.7 Å². The van der Waals surface area contributed by atoms with E-state index >= 15 is 0 Å². The molecule has 0 aliphatic heterocycles. The van der Waals surface area contributed by atoms with Gasteiger partial charge in [-0.25, -0.2) is 0 Å². The highest BCUT2D eigenvalue weighted by Crippen LogP contribution is 2.37. The van der Waals surface area contributed by atoms with Gasteiger partial charge in [-0.1, -0.05) is 198 Å². The summed E-state index contributed by atoms with van der Waals surface area (Å²) in [7, 11) is 0. The van der Waals surface area contributed by atoms with Gasteiger partial charge >= 0.3 is 0 Å². The Morgan fingerprint density at radius 1 is 0.307 bits per heavy atom. The first kappa shape index (κ1) is 52.2. The molecule has 0 N–H and O–H groups in total. The molecule has 370 valence electrons. The summed E-state index contributed by atoms with van der Waals surface area (Å²) in [4.78, 5) is 6.93. The van der Waals surface area contributed by atoms with E-state index in [0.717, 1.165) is 63.9 Å². The van der Waals surface area contributed by atoms with Crippen molar-refractivity contribution in [2.75, 3.05) is 27.8 Å². The number of unbranched alkanes of at least 4 members (excludes halogenated alkanes) is 6. The van der Waals surface area contributed by atoms with Gasteiger partial charge in [0.15, 0.2) is 0 Å². The van der Waals surface area contributed by atoms with Crippen LogP contribution in [0.5, 0.6) is 0 Å². The monoisotopic (exact) mass is 977 g/mol. The van der Waals surface area contributed by atoms with E-state index in [-0.39, 0.29) is 16.7 Å². The minimum absolute atomic E-state index is 0.252. The molecule has 8 aromatic rings. The molecule has 0 heterocycles. The third-order valence-electron chi connectivity index (χ3n) is 13.5. The van der Waals surface area contributed by atoms with Gasteiger partial charge in [-0.05, 0) is 114 Å². The lowest BCUT2D eigenvalue weighted by atomic mass is 9.86. The molecule has 0 saturated carbocycles. The number of para-hydroxylation sites is 4. The molecule has 0 aliphatic carbocycles. The summed E-state index contributed by atoms with van der Waals surface area (Å²) < 4.78 is 0. The molecule has 0 unspecified atom stereocenters. The van der Waals surface area contributed by atoms with Crippen LogP contribution in [0, 0.1) is 34.0 Å². The summed E-state index contributed by atoms with van der Waals surface area (Å²) in [5.41, 5.74) is 12.2. The average Bonchev–Trinajstić information content (AvgIpc) is 3.47. The highest BCUT2D eigenvalue weighted by atomic mass is 15.1. The maximum absolute atomic E-state index is 11.0. The molecule has 0 saturated heterocycles. The standard InChI is InChI=1S/C69H64N6/c1-3-5-7-21-49-73(50-22-8-6-4-2)57-40-31-54(32-41-57)37-46-64-67(51-70)65(47-38-55-33-42-62(43-34-55)74(58-23-13-9-14-24-58)59-25-15-10-16-26-59)69(53-72)66(68(64)52-71)48-39-56-35-44-63(45-36-56)75(60-27-17-11-18-28-60)61-29-19-12-20-30-61/h9-20,23-48H,3-8,21-22,49-50H2,1-2H3/b46-37+,47-38+,48-39+. The average molecular weight is 977 g/mol. The smallest absolute Gasteiger partial charge is 0.100 e. The van der Waals surface area contributed by atoms with E-state index in [4.69, 9.17) is 0 Å². The lowest BCUT2D eigenvalue weighted by Crippen LogP contribution is -2.25. The Balaban J connectivity index is 1.17. The first-order valence-electron chi connectivity index (χ1n) is 26.4. The van der Waals surface area contributed by atoms with Crippen LogP contribution in [-0.2, 0) is 0 Å². The Labute approximate surface area is 445 Å². The number of anilines is 7. The fourth-order valence-corrected chi connectivity index (χ4v) is 9.51. The predicted molar refractivity (Wildman–Crippen MR) is 317 cm³/mol. The van der Waals surface area contributed by atoms with Gasteiger partial charge in [0.25, 0.3) is 0 Å². The Bertz CT molecular complexity index is 3020. The lowest BCUT2D eigenvalue weighted by molar-refractivity contribution is 0.609. The third kappa shape index (κ3) is 13.5. The first-order valence-corrected chi connectivity index (χ1v) is 26.4. The van der Waals surface area contributed by atoms with Crippen LogP contribution in [0.15, 0.2) is 194 Å². The van der Waals surface area contributed by atoms with Crippen molar-refractivity contribution in [2.24, 2.45) is 0 Å². The van der Waals surface area contributed by atoms with Gasteiger partial charge in [0.2, 0.25) is 0 Å². The summed E-state index contributed by atoms with van der Waals surface area (Å²) in [6.07, 6.45) is 21.1. The normalized spacial score (nSPS) is 11.1.